The van der Waals surface area contributed by atoms with E-state index in [1.165, 1.54) is 11.3 Å². The lowest BCUT2D eigenvalue weighted by molar-refractivity contribution is 0.630. The van der Waals surface area contributed by atoms with Crippen LogP contribution in [0.1, 0.15) is 36.7 Å². The van der Waals surface area contributed by atoms with Gasteiger partial charge in [-0.2, -0.15) is 5.10 Å². The summed E-state index contributed by atoms with van der Waals surface area (Å²) < 4.78 is 1.99. The molecule has 20 heavy (non-hydrogen) atoms. The van der Waals surface area contributed by atoms with Crippen LogP contribution in [0.3, 0.4) is 0 Å². The molecule has 0 bridgehead atoms. The summed E-state index contributed by atoms with van der Waals surface area (Å²) >= 11 is 6.07. The molecule has 0 aliphatic heterocycles. The van der Waals surface area contributed by atoms with Crippen molar-refractivity contribution in [2.75, 3.05) is 13.1 Å². The predicted octanol–water partition coefficient (Wildman–Crippen LogP) is 3.86. The van der Waals surface area contributed by atoms with Crippen molar-refractivity contribution in [2.45, 2.75) is 33.6 Å². The number of rotatable bonds is 5. The summed E-state index contributed by atoms with van der Waals surface area (Å²) in [5.74, 6) is 0.447. The Morgan fingerprint density at radius 1 is 1.35 bits per heavy atom. The number of aryl methyl sites for hydroxylation is 1. The number of hydrogen-bond acceptors (Lipinski definition) is 2. The minimum absolute atomic E-state index is 0.447. The molecule has 1 atom stereocenters. The highest BCUT2D eigenvalue weighted by Crippen LogP contribution is 2.25. The molecule has 0 saturated heterocycles. The minimum atomic E-state index is 0.447. The van der Waals surface area contributed by atoms with Gasteiger partial charge >= 0.3 is 0 Å². The zero-order chi connectivity index (χ0) is 14.7. The van der Waals surface area contributed by atoms with Crippen LogP contribution in [-0.4, -0.2) is 22.9 Å². The van der Waals surface area contributed by atoms with Gasteiger partial charge in [-0.25, -0.2) is 4.68 Å². The van der Waals surface area contributed by atoms with Crippen LogP contribution in [0.15, 0.2) is 24.3 Å². The van der Waals surface area contributed by atoms with Crippen molar-refractivity contribution < 1.29 is 0 Å². The first-order valence-electron chi connectivity index (χ1n) is 7.07. The van der Waals surface area contributed by atoms with Crippen molar-refractivity contribution in [2.24, 2.45) is 0 Å². The van der Waals surface area contributed by atoms with Gasteiger partial charge in [-0.05, 0) is 44.5 Å². The van der Waals surface area contributed by atoms with E-state index >= 15 is 0 Å². The molecule has 1 unspecified atom stereocenters. The van der Waals surface area contributed by atoms with Crippen LogP contribution in [0.4, 0.5) is 0 Å². The highest BCUT2D eigenvalue weighted by molar-refractivity contribution is 6.30. The molecule has 2 aromatic rings. The van der Waals surface area contributed by atoms with Crippen LogP contribution in [0.5, 0.6) is 0 Å². The third-order valence-electron chi connectivity index (χ3n) is 3.59. The maximum absolute atomic E-state index is 6.07. The van der Waals surface area contributed by atoms with Gasteiger partial charge in [0.25, 0.3) is 0 Å². The molecule has 2 rings (SSSR count). The molecule has 0 fully saturated rings. The van der Waals surface area contributed by atoms with Crippen LogP contribution in [-0.2, 0) is 0 Å². The molecule has 0 saturated carbocycles. The van der Waals surface area contributed by atoms with Gasteiger partial charge in [0.05, 0.1) is 11.4 Å². The van der Waals surface area contributed by atoms with Crippen molar-refractivity contribution in [3.05, 3.63) is 46.2 Å². The van der Waals surface area contributed by atoms with E-state index in [1.807, 2.05) is 28.9 Å². The molecule has 0 amide bonds. The van der Waals surface area contributed by atoms with E-state index in [2.05, 4.69) is 38.1 Å². The summed E-state index contributed by atoms with van der Waals surface area (Å²) in [4.78, 5) is 0. The maximum atomic E-state index is 6.07. The maximum Gasteiger partial charge on any atom is 0.0663 e. The lowest BCUT2D eigenvalue weighted by Gasteiger charge is -2.13. The summed E-state index contributed by atoms with van der Waals surface area (Å²) in [7, 11) is 0. The fraction of sp³-hybridized carbons (Fsp3) is 0.438. The smallest absolute Gasteiger partial charge is 0.0663 e. The lowest BCUT2D eigenvalue weighted by Crippen LogP contribution is -2.20. The van der Waals surface area contributed by atoms with Crippen LogP contribution in [0.2, 0.25) is 5.02 Å². The molecule has 1 aromatic carbocycles. The first-order valence-corrected chi connectivity index (χ1v) is 7.45. The number of nitrogens with one attached hydrogen (secondary N) is 1. The Morgan fingerprint density at radius 3 is 2.75 bits per heavy atom. The lowest BCUT2D eigenvalue weighted by atomic mass is 9.99. The number of benzene rings is 1. The van der Waals surface area contributed by atoms with Crippen molar-refractivity contribution in [3.63, 3.8) is 0 Å². The summed E-state index contributed by atoms with van der Waals surface area (Å²) in [6.07, 6.45) is 0. The molecule has 108 valence electrons. The largest absolute Gasteiger partial charge is 0.316 e. The van der Waals surface area contributed by atoms with E-state index < -0.39 is 0 Å². The van der Waals surface area contributed by atoms with Crippen LogP contribution in [0, 0.1) is 13.8 Å². The summed E-state index contributed by atoms with van der Waals surface area (Å²) in [5, 5.41) is 8.82. The molecule has 0 aliphatic carbocycles. The van der Waals surface area contributed by atoms with E-state index in [0.29, 0.717) is 5.92 Å². The SMILES string of the molecule is CCNCC(C)c1c(C)nn(-c2cccc(Cl)c2)c1C. The zero-order valence-electron chi connectivity index (χ0n) is 12.6. The number of hydrogen-bond donors (Lipinski definition) is 1. The molecule has 3 nitrogen and oxygen atoms in total. The number of nitrogens with zero attached hydrogens (tertiary/aromatic N) is 2. The van der Waals surface area contributed by atoms with Crippen LogP contribution < -0.4 is 5.32 Å². The number of aromatic nitrogens is 2. The Morgan fingerprint density at radius 2 is 2.10 bits per heavy atom. The van der Waals surface area contributed by atoms with Gasteiger partial charge in [0, 0.05) is 22.8 Å². The standard InChI is InChI=1S/C16H22ClN3/c1-5-18-10-11(2)16-12(3)19-20(13(16)4)15-8-6-7-14(17)9-15/h6-9,11,18H,5,10H2,1-4H3. The van der Waals surface area contributed by atoms with Gasteiger partial charge in [0.15, 0.2) is 0 Å². The van der Waals surface area contributed by atoms with Gasteiger partial charge in [0.2, 0.25) is 0 Å². The number of likely N-dealkylation sites (N-methyl/N-ethyl adjacent to an activating group) is 1. The van der Waals surface area contributed by atoms with Crippen molar-refractivity contribution in [3.8, 4) is 5.69 Å². The quantitative estimate of drug-likeness (QED) is 0.907. The molecule has 4 heteroatoms. The Bertz CT molecular complexity index is 589. The number of halogens is 1. The fourth-order valence-electron chi connectivity index (χ4n) is 2.69. The highest BCUT2D eigenvalue weighted by Gasteiger charge is 2.18. The molecule has 0 radical (unpaired) electrons. The fourth-order valence-corrected chi connectivity index (χ4v) is 2.87. The topological polar surface area (TPSA) is 29.9 Å². The first kappa shape index (κ1) is 15.1. The molecule has 0 spiro atoms. The second-order valence-corrected chi connectivity index (χ2v) is 5.62. The third kappa shape index (κ3) is 3.05. The van der Waals surface area contributed by atoms with Crippen molar-refractivity contribution in [1.29, 1.82) is 0 Å². The van der Waals surface area contributed by atoms with Gasteiger partial charge in [-0.1, -0.05) is 31.5 Å². The van der Waals surface area contributed by atoms with Crippen molar-refractivity contribution >= 4 is 11.6 Å². The Labute approximate surface area is 126 Å². The minimum Gasteiger partial charge on any atom is -0.316 e. The Balaban J connectivity index is 2.38. The molecule has 1 aromatic heterocycles. The average Bonchev–Trinajstić information content (AvgIpc) is 2.71. The average molecular weight is 292 g/mol. The Kier molecular flexibility index (Phi) is 4.84. The predicted molar refractivity (Wildman–Crippen MR) is 85.0 cm³/mol. The van der Waals surface area contributed by atoms with Crippen molar-refractivity contribution in [1.82, 2.24) is 15.1 Å². The first-order chi connectivity index (χ1) is 9.54. The van der Waals surface area contributed by atoms with Gasteiger partial charge < -0.3 is 5.32 Å². The molecule has 0 aliphatic rings. The monoisotopic (exact) mass is 291 g/mol. The van der Waals surface area contributed by atoms with Gasteiger partial charge in [-0.15, -0.1) is 0 Å². The van der Waals surface area contributed by atoms with Crippen LogP contribution >= 0.6 is 11.6 Å². The van der Waals surface area contributed by atoms with E-state index in [-0.39, 0.29) is 0 Å². The zero-order valence-corrected chi connectivity index (χ0v) is 13.3. The van der Waals surface area contributed by atoms with E-state index in [9.17, 15) is 0 Å². The van der Waals surface area contributed by atoms with Crippen LogP contribution in [0.25, 0.3) is 5.69 Å². The molecular weight excluding hydrogens is 270 g/mol. The normalized spacial score (nSPS) is 12.7. The Hall–Kier alpha value is -1.32. The van der Waals surface area contributed by atoms with Gasteiger partial charge in [0.1, 0.15) is 0 Å². The van der Waals surface area contributed by atoms with E-state index in [0.717, 1.165) is 29.5 Å². The highest BCUT2D eigenvalue weighted by atomic mass is 35.5. The van der Waals surface area contributed by atoms with E-state index in [4.69, 9.17) is 11.6 Å². The van der Waals surface area contributed by atoms with E-state index in [1.54, 1.807) is 0 Å². The molecule has 1 heterocycles. The summed E-state index contributed by atoms with van der Waals surface area (Å²) in [6.45, 7) is 10.5. The third-order valence-corrected chi connectivity index (χ3v) is 3.83. The second kappa shape index (κ2) is 6.42. The molecular formula is C16H22ClN3. The summed E-state index contributed by atoms with van der Waals surface area (Å²) in [6, 6.07) is 7.81. The molecule has 1 N–H and O–H groups in total. The second-order valence-electron chi connectivity index (χ2n) is 5.18. The summed E-state index contributed by atoms with van der Waals surface area (Å²) in [5.41, 5.74) is 4.62. The van der Waals surface area contributed by atoms with Gasteiger partial charge in [-0.3, -0.25) is 0 Å².